The van der Waals surface area contributed by atoms with E-state index in [1.165, 1.54) is 0 Å². The van der Waals surface area contributed by atoms with E-state index in [1.807, 2.05) is 13.8 Å². The lowest BCUT2D eigenvalue weighted by Crippen LogP contribution is -2.18. The van der Waals surface area contributed by atoms with Crippen LogP contribution < -0.4 is 0 Å². The quantitative estimate of drug-likeness (QED) is 0.394. The second kappa shape index (κ2) is 20.2. The molecule has 0 aromatic carbocycles. The summed E-state index contributed by atoms with van der Waals surface area (Å²) < 4.78 is 9.35. The summed E-state index contributed by atoms with van der Waals surface area (Å²) in [5, 5.41) is 17.1. The molecule has 0 aromatic rings. The highest BCUT2D eigenvalue weighted by Crippen LogP contribution is 2.14. The lowest BCUT2D eigenvalue weighted by Gasteiger charge is -2.12. The van der Waals surface area contributed by atoms with Crippen LogP contribution in [0.4, 0.5) is 0 Å². The molecular formula is C20H40O6. The van der Waals surface area contributed by atoms with Crippen molar-refractivity contribution in [1.82, 2.24) is 0 Å². The molecule has 6 heteroatoms. The maximum Gasteiger partial charge on any atom is 0.308 e. The molecular weight excluding hydrogens is 336 g/mol. The molecule has 1 aliphatic heterocycles. The van der Waals surface area contributed by atoms with Gasteiger partial charge in [-0.05, 0) is 25.7 Å². The summed E-state index contributed by atoms with van der Waals surface area (Å²) >= 11 is 0. The first-order valence-electron chi connectivity index (χ1n) is 10.1. The third-order valence-electron chi connectivity index (χ3n) is 4.02. The van der Waals surface area contributed by atoms with Crippen molar-refractivity contribution in [1.29, 1.82) is 0 Å². The number of epoxide rings is 1. The Hall–Kier alpha value is -1.14. The number of esters is 1. The van der Waals surface area contributed by atoms with E-state index in [0.717, 1.165) is 64.6 Å². The first kappa shape index (κ1) is 27.1. The van der Waals surface area contributed by atoms with Crippen molar-refractivity contribution >= 4 is 11.9 Å². The molecule has 1 heterocycles. The van der Waals surface area contributed by atoms with Crippen LogP contribution in [0.3, 0.4) is 0 Å². The van der Waals surface area contributed by atoms with Crippen LogP contribution in [0.15, 0.2) is 0 Å². The average Bonchev–Trinajstić information content (AvgIpc) is 3.50. The van der Waals surface area contributed by atoms with Crippen molar-refractivity contribution in [3.8, 4) is 0 Å². The summed E-state index contributed by atoms with van der Waals surface area (Å²) in [6, 6.07) is 0. The summed E-state index contributed by atoms with van der Waals surface area (Å²) in [5.74, 6) is -0.896. The summed E-state index contributed by atoms with van der Waals surface area (Å²) in [7, 11) is 0. The number of hydrogen-bond donors (Lipinski definition) is 2. The van der Waals surface area contributed by atoms with Crippen molar-refractivity contribution in [2.24, 2.45) is 11.8 Å². The van der Waals surface area contributed by atoms with Gasteiger partial charge in [0.05, 0.1) is 31.7 Å². The Morgan fingerprint density at radius 3 is 1.73 bits per heavy atom. The number of hydrogen-bond acceptors (Lipinski definition) is 5. The zero-order valence-corrected chi connectivity index (χ0v) is 17.2. The number of carbonyl (C=O) groups is 2. The molecule has 2 N–H and O–H groups in total. The molecule has 1 saturated heterocycles. The van der Waals surface area contributed by atoms with Gasteiger partial charge in [0, 0.05) is 0 Å². The van der Waals surface area contributed by atoms with Crippen LogP contribution in [0.5, 0.6) is 0 Å². The van der Waals surface area contributed by atoms with Gasteiger partial charge in [-0.3, -0.25) is 9.59 Å². The highest BCUT2D eigenvalue weighted by molar-refractivity contribution is 5.72. The first-order valence-corrected chi connectivity index (χ1v) is 10.1. The van der Waals surface area contributed by atoms with Gasteiger partial charge in [0.1, 0.15) is 6.61 Å². The molecule has 6 nitrogen and oxygen atoms in total. The fourth-order valence-corrected chi connectivity index (χ4v) is 2.16. The number of aliphatic carboxylic acids is 1. The fourth-order valence-electron chi connectivity index (χ4n) is 2.16. The Balaban J connectivity index is 0. The SMILES string of the molecule is C1CO1.CCCCC(CC)C(=O)O.CCCCC(CC)C(=O)OCCO. The molecule has 156 valence electrons. The molecule has 0 radical (unpaired) electrons. The number of rotatable bonds is 12. The molecule has 1 fully saturated rings. The monoisotopic (exact) mass is 376 g/mol. The van der Waals surface area contributed by atoms with Gasteiger partial charge in [-0.1, -0.05) is 53.4 Å². The Bertz CT molecular complexity index is 328. The number of carboxylic acid groups (broad SMARTS) is 1. The molecule has 1 rings (SSSR count). The van der Waals surface area contributed by atoms with Gasteiger partial charge < -0.3 is 19.7 Å². The smallest absolute Gasteiger partial charge is 0.308 e. The van der Waals surface area contributed by atoms with Crippen molar-refractivity contribution < 1.29 is 29.3 Å². The molecule has 0 aromatic heterocycles. The first-order chi connectivity index (χ1) is 12.5. The number of carboxylic acids is 1. The van der Waals surface area contributed by atoms with Gasteiger partial charge >= 0.3 is 11.9 Å². The normalized spacial score (nSPS) is 14.0. The second-order valence-electron chi connectivity index (χ2n) is 6.34. The summed E-state index contributed by atoms with van der Waals surface area (Å²) in [6.07, 6.45) is 7.60. The van der Waals surface area contributed by atoms with Crippen LogP contribution in [0.25, 0.3) is 0 Å². The van der Waals surface area contributed by atoms with Crippen LogP contribution in [-0.4, -0.2) is 48.6 Å². The average molecular weight is 377 g/mol. The number of carbonyl (C=O) groups excluding carboxylic acids is 1. The predicted octanol–water partition coefficient (Wildman–Crippen LogP) is 4.04. The minimum atomic E-state index is -0.643. The second-order valence-corrected chi connectivity index (χ2v) is 6.34. The Kier molecular flexibility index (Phi) is 21.0. The maximum atomic E-state index is 11.3. The minimum Gasteiger partial charge on any atom is -0.481 e. The maximum absolute atomic E-state index is 11.3. The summed E-state index contributed by atoms with van der Waals surface area (Å²) in [6.45, 7) is 10.1. The van der Waals surface area contributed by atoms with Crippen molar-refractivity contribution in [3.05, 3.63) is 0 Å². The van der Waals surface area contributed by atoms with E-state index in [1.54, 1.807) is 0 Å². The summed E-state index contributed by atoms with van der Waals surface area (Å²) in [5.41, 5.74) is 0. The number of aliphatic hydroxyl groups is 1. The van der Waals surface area contributed by atoms with Gasteiger partial charge in [-0.2, -0.15) is 0 Å². The number of ether oxygens (including phenoxy) is 2. The van der Waals surface area contributed by atoms with Crippen LogP contribution in [-0.2, 0) is 19.1 Å². The molecule has 0 saturated carbocycles. The number of unbranched alkanes of at least 4 members (excludes halogenated alkanes) is 2. The van der Waals surface area contributed by atoms with E-state index in [9.17, 15) is 9.59 Å². The molecule has 2 unspecified atom stereocenters. The Morgan fingerprint density at radius 1 is 0.962 bits per heavy atom. The van der Waals surface area contributed by atoms with Gasteiger partial charge in [-0.15, -0.1) is 0 Å². The summed E-state index contributed by atoms with van der Waals surface area (Å²) in [4.78, 5) is 21.7. The van der Waals surface area contributed by atoms with Crippen molar-refractivity contribution in [3.63, 3.8) is 0 Å². The zero-order chi connectivity index (χ0) is 20.2. The molecule has 2 atom stereocenters. The molecule has 1 aliphatic rings. The minimum absolute atomic E-state index is 0.0199. The fraction of sp³-hybridized carbons (Fsp3) is 0.900. The predicted molar refractivity (Wildman–Crippen MR) is 103 cm³/mol. The van der Waals surface area contributed by atoms with E-state index in [2.05, 4.69) is 18.6 Å². The molecule has 0 amide bonds. The van der Waals surface area contributed by atoms with Crippen LogP contribution in [0.2, 0.25) is 0 Å². The van der Waals surface area contributed by atoms with Crippen LogP contribution in [0.1, 0.15) is 79.1 Å². The largest absolute Gasteiger partial charge is 0.481 e. The standard InChI is InChI=1S/C10H20O3.C8H16O2.C2H4O/c1-3-5-6-9(4-2)10(12)13-8-7-11;1-3-5-6-7(4-2)8(9)10;1-2-3-1/h9,11H,3-8H2,1-2H3;7H,3-6H2,1-2H3,(H,9,10);1-2H2. The van der Waals surface area contributed by atoms with Gasteiger partial charge in [0.2, 0.25) is 0 Å². The lowest BCUT2D eigenvalue weighted by atomic mass is 10.00. The zero-order valence-electron chi connectivity index (χ0n) is 17.2. The molecule has 0 bridgehead atoms. The van der Waals surface area contributed by atoms with Crippen LogP contribution in [0, 0.1) is 11.8 Å². The topological polar surface area (TPSA) is 96.4 Å². The highest BCUT2D eigenvalue weighted by Gasteiger charge is 2.16. The van der Waals surface area contributed by atoms with E-state index in [4.69, 9.17) is 14.9 Å². The Morgan fingerprint density at radius 2 is 1.42 bits per heavy atom. The van der Waals surface area contributed by atoms with Crippen LogP contribution >= 0.6 is 0 Å². The van der Waals surface area contributed by atoms with E-state index < -0.39 is 5.97 Å². The van der Waals surface area contributed by atoms with E-state index in [0.29, 0.717) is 0 Å². The Labute approximate surface area is 159 Å². The van der Waals surface area contributed by atoms with Crippen molar-refractivity contribution in [2.75, 3.05) is 26.4 Å². The molecule has 0 aliphatic carbocycles. The van der Waals surface area contributed by atoms with Gasteiger partial charge in [0.15, 0.2) is 0 Å². The third kappa shape index (κ3) is 19.2. The van der Waals surface area contributed by atoms with Crippen molar-refractivity contribution in [2.45, 2.75) is 79.1 Å². The van der Waals surface area contributed by atoms with E-state index in [-0.39, 0.29) is 31.0 Å². The molecule has 26 heavy (non-hydrogen) atoms. The van der Waals surface area contributed by atoms with E-state index >= 15 is 0 Å². The molecule has 0 spiro atoms. The third-order valence-corrected chi connectivity index (χ3v) is 4.02. The lowest BCUT2D eigenvalue weighted by molar-refractivity contribution is -0.150. The van der Waals surface area contributed by atoms with Gasteiger partial charge in [-0.25, -0.2) is 0 Å². The van der Waals surface area contributed by atoms with Gasteiger partial charge in [0.25, 0.3) is 0 Å². The highest BCUT2D eigenvalue weighted by atomic mass is 16.6. The number of aliphatic hydroxyl groups excluding tert-OH is 1.